The largest absolute Gasteiger partial charge is 0.328 e. The molecule has 0 spiro atoms. The standard InChI is InChI=1S/C16H25N3OS.2ClH/c1-13(17)6-7-16(20)18-15-5-3-2-4-14(15)12-19-8-10-21-11-9-19;;/h2-5,13H,6-12,17H2,1H3,(H,18,20);2*1H. The van der Waals surface area contributed by atoms with Crippen LogP contribution >= 0.6 is 36.6 Å². The lowest BCUT2D eigenvalue weighted by molar-refractivity contribution is -0.116. The zero-order valence-electron chi connectivity index (χ0n) is 13.5. The second-order valence-electron chi connectivity index (χ2n) is 5.61. The SMILES string of the molecule is CC(N)CCC(=O)Nc1ccccc1CN1CCSCC1.Cl.Cl. The van der Waals surface area contributed by atoms with E-state index in [1.54, 1.807) is 0 Å². The Morgan fingerprint density at radius 1 is 1.30 bits per heavy atom. The van der Waals surface area contributed by atoms with E-state index in [2.05, 4.69) is 16.3 Å². The van der Waals surface area contributed by atoms with Crippen LogP contribution in [-0.4, -0.2) is 41.4 Å². The Morgan fingerprint density at radius 2 is 1.96 bits per heavy atom. The summed E-state index contributed by atoms with van der Waals surface area (Å²) in [6.45, 7) is 5.08. The van der Waals surface area contributed by atoms with E-state index < -0.39 is 0 Å². The minimum atomic E-state index is 0. The number of nitrogens with two attached hydrogens (primary N) is 1. The third-order valence-electron chi connectivity index (χ3n) is 3.62. The van der Waals surface area contributed by atoms with Gasteiger partial charge in [-0.2, -0.15) is 11.8 Å². The van der Waals surface area contributed by atoms with Crippen LogP contribution in [0.1, 0.15) is 25.3 Å². The third kappa shape index (κ3) is 8.27. The number of anilines is 1. The molecule has 7 heteroatoms. The van der Waals surface area contributed by atoms with Crippen LogP contribution in [0.3, 0.4) is 0 Å². The molecule has 2 rings (SSSR count). The summed E-state index contributed by atoms with van der Waals surface area (Å²) in [5.41, 5.74) is 7.83. The Balaban J connectivity index is 0.00000242. The Labute approximate surface area is 155 Å². The van der Waals surface area contributed by atoms with Gasteiger partial charge in [0.25, 0.3) is 0 Å². The number of carbonyl (C=O) groups excluding carboxylic acids is 1. The highest BCUT2D eigenvalue weighted by molar-refractivity contribution is 7.99. The Bertz CT molecular complexity index is 468. The fourth-order valence-electron chi connectivity index (χ4n) is 2.35. The van der Waals surface area contributed by atoms with Crippen LogP contribution in [0.15, 0.2) is 24.3 Å². The summed E-state index contributed by atoms with van der Waals surface area (Å²) in [4.78, 5) is 14.4. The van der Waals surface area contributed by atoms with Gasteiger partial charge in [-0.25, -0.2) is 0 Å². The van der Waals surface area contributed by atoms with E-state index in [4.69, 9.17) is 5.73 Å². The number of nitrogens with zero attached hydrogens (tertiary/aromatic N) is 1. The van der Waals surface area contributed by atoms with Gasteiger partial charge in [0.1, 0.15) is 0 Å². The fourth-order valence-corrected chi connectivity index (χ4v) is 3.33. The van der Waals surface area contributed by atoms with Crippen LogP contribution in [0.4, 0.5) is 5.69 Å². The first kappa shape index (κ1) is 22.5. The fraction of sp³-hybridized carbons (Fsp3) is 0.562. The van der Waals surface area contributed by atoms with Gasteiger partial charge in [0.15, 0.2) is 0 Å². The lowest BCUT2D eigenvalue weighted by atomic mass is 10.1. The molecule has 1 saturated heterocycles. The van der Waals surface area contributed by atoms with Crippen LogP contribution in [0, 0.1) is 0 Å². The Kier molecular flexibility index (Phi) is 11.7. The minimum absolute atomic E-state index is 0. The molecule has 1 aromatic carbocycles. The Morgan fingerprint density at radius 3 is 2.61 bits per heavy atom. The molecule has 4 nitrogen and oxygen atoms in total. The lowest BCUT2D eigenvalue weighted by Crippen LogP contribution is -2.32. The van der Waals surface area contributed by atoms with E-state index in [1.807, 2.05) is 36.9 Å². The van der Waals surface area contributed by atoms with Gasteiger partial charge >= 0.3 is 0 Å². The predicted octanol–water partition coefficient (Wildman–Crippen LogP) is 3.14. The molecule has 0 bridgehead atoms. The maximum Gasteiger partial charge on any atom is 0.224 e. The van der Waals surface area contributed by atoms with Gasteiger partial charge in [-0.05, 0) is 25.0 Å². The predicted molar refractivity (Wildman–Crippen MR) is 105 cm³/mol. The summed E-state index contributed by atoms with van der Waals surface area (Å²) in [6.07, 6.45) is 1.20. The van der Waals surface area contributed by atoms with Crippen molar-refractivity contribution in [2.45, 2.75) is 32.4 Å². The monoisotopic (exact) mass is 379 g/mol. The number of para-hydroxylation sites is 1. The zero-order chi connectivity index (χ0) is 15.1. The van der Waals surface area contributed by atoms with Crippen LogP contribution in [0.2, 0.25) is 0 Å². The molecule has 1 aromatic rings. The van der Waals surface area contributed by atoms with E-state index >= 15 is 0 Å². The molecular weight excluding hydrogens is 353 g/mol. The van der Waals surface area contributed by atoms with Crippen LogP contribution in [0.5, 0.6) is 0 Å². The van der Waals surface area contributed by atoms with Gasteiger partial charge < -0.3 is 11.1 Å². The molecule has 0 saturated carbocycles. The van der Waals surface area contributed by atoms with Crippen LogP contribution in [0.25, 0.3) is 0 Å². The molecule has 3 N–H and O–H groups in total. The van der Waals surface area contributed by atoms with Crippen molar-refractivity contribution in [1.29, 1.82) is 0 Å². The van der Waals surface area contributed by atoms with Crippen LogP contribution in [-0.2, 0) is 11.3 Å². The van der Waals surface area contributed by atoms with E-state index in [0.29, 0.717) is 6.42 Å². The zero-order valence-corrected chi connectivity index (χ0v) is 15.9. The molecule has 1 fully saturated rings. The number of rotatable bonds is 6. The summed E-state index contributed by atoms with van der Waals surface area (Å²) in [5.74, 6) is 2.44. The molecule has 23 heavy (non-hydrogen) atoms. The molecule has 1 unspecified atom stereocenters. The molecule has 1 atom stereocenters. The molecule has 1 aliphatic heterocycles. The van der Waals surface area contributed by atoms with Crippen molar-refractivity contribution >= 4 is 48.2 Å². The van der Waals surface area contributed by atoms with Crippen molar-refractivity contribution in [3.05, 3.63) is 29.8 Å². The van der Waals surface area contributed by atoms with Crippen LogP contribution < -0.4 is 11.1 Å². The molecule has 132 valence electrons. The quantitative estimate of drug-likeness (QED) is 0.796. The van der Waals surface area contributed by atoms with Gasteiger partial charge in [0, 0.05) is 49.3 Å². The third-order valence-corrected chi connectivity index (χ3v) is 4.56. The van der Waals surface area contributed by atoms with Crippen molar-refractivity contribution < 1.29 is 4.79 Å². The summed E-state index contributed by atoms with van der Waals surface area (Å²) < 4.78 is 0. The number of carbonyl (C=O) groups is 1. The van der Waals surface area contributed by atoms with Crippen molar-refractivity contribution in [1.82, 2.24) is 4.90 Å². The van der Waals surface area contributed by atoms with Gasteiger partial charge in [-0.15, -0.1) is 24.8 Å². The van der Waals surface area contributed by atoms with Crippen molar-refractivity contribution in [2.24, 2.45) is 5.73 Å². The number of hydrogen-bond donors (Lipinski definition) is 2. The highest BCUT2D eigenvalue weighted by atomic mass is 35.5. The maximum atomic E-state index is 12.0. The molecule has 0 aliphatic carbocycles. The van der Waals surface area contributed by atoms with Crippen molar-refractivity contribution in [2.75, 3.05) is 29.9 Å². The molecular formula is C16H27Cl2N3OS. The summed E-state index contributed by atoms with van der Waals surface area (Å²) >= 11 is 2.01. The average molecular weight is 380 g/mol. The first-order valence-corrected chi connectivity index (χ1v) is 8.74. The molecule has 0 radical (unpaired) electrons. The highest BCUT2D eigenvalue weighted by Crippen LogP contribution is 2.20. The first-order valence-electron chi connectivity index (χ1n) is 7.58. The summed E-state index contributed by atoms with van der Waals surface area (Å²) in [7, 11) is 0. The van der Waals surface area contributed by atoms with E-state index in [0.717, 1.165) is 31.7 Å². The van der Waals surface area contributed by atoms with Gasteiger partial charge in [-0.3, -0.25) is 9.69 Å². The smallest absolute Gasteiger partial charge is 0.224 e. The van der Waals surface area contributed by atoms with E-state index in [1.165, 1.54) is 17.1 Å². The van der Waals surface area contributed by atoms with E-state index in [-0.39, 0.29) is 36.8 Å². The number of halogens is 2. The number of benzene rings is 1. The number of hydrogen-bond acceptors (Lipinski definition) is 4. The van der Waals surface area contributed by atoms with Gasteiger partial charge in [-0.1, -0.05) is 18.2 Å². The van der Waals surface area contributed by atoms with Gasteiger partial charge in [0.2, 0.25) is 5.91 Å². The second kappa shape index (κ2) is 12.0. The summed E-state index contributed by atoms with van der Waals surface area (Å²) in [6, 6.07) is 8.15. The number of nitrogens with one attached hydrogen (secondary N) is 1. The number of thioether (sulfide) groups is 1. The highest BCUT2D eigenvalue weighted by Gasteiger charge is 2.13. The van der Waals surface area contributed by atoms with Crippen molar-refractivity contribution in [3.63, 3.8) is 0 Å². The first-order chi connectivity index (χ1) is 10.1. The lowest BCUT2D eigenvalue weighted by Gasteiger charge is -2.27. The topological polar surface area (TPSA) is 58.4 Å². The molecule has 1 aliphatic rings. The molecule has 0 aromatic heterocycles. The average Bonchev–Trinajstić information content (AvgIpc) is 2.48. The summed E-state index contributed by atoms with van der Waals surface area (Å²) in [5, 5.41) is 3.03. The number of amides is 1. The Hall–Kier alpha value is -0.460. The maximum absolute atomic E-state index is 12.0. The molecule has 1 heterocycles. The normalized spacial score (nSPS) is 15.9. The minimum Gasteiger partial charge on any atom is -0.328 e. The van der Waals surface area contributed by atoms with Crippen molar-refractivity contribution in [3.8, 4) is 0 Å². The second-order valence-corrected chi connectivity index (χ2v) is 6.83. The molecule has 1 amide bonds. The van der Waals surface area contributed by atoms with Gasteiger partial charge in [0.05, 0.1) is 0 Å². The van der Waals surface area contributed by atoms with E-state index in [9.17, 15) is 4.79 Å².